The maximum atomic E-state index is 12.3. The van der Waals surface area contributed by atoms with Crippen molar-refractivity contribution in [2.24, 2.45) is 0 Å². The third-order valence-corrected chi connectivity index (χ3v) is 4.21. The molecule has 3 N–H and O–H groups in total. The van der Waals surface area contributed by atoms with Gasteiger partial charge in [0.2, 0.25) is 11.0 Å². The Morgan fingerprint density at radius 2 is 2.23 bits per heavy atom. The lowest BCUT2D eigenvalue weighted by molar-refractivity contribution is -0.123. The van der Waals surface area contributed by atoms with Gasteiger partial charge in [0, 0.05) is 13.0 Å². The summed E-state index contributed by atoms with van der Waals surface area (Å²) in [7, 11) is 0. The first kappa shape index (κ1) is 14.5. The van der Waals surface area contributed by atoms with Crippen LogP contribution in [0.25, 0.3) is 11.0 Å². The van der Waals surface area contributed by atoms with Crippen LogP contribution in [0.5, 0.6) is 0 Å². The smallest absolute Gasteiger partial charge is 0.242 e. The number of imidazole rings is 1. The number of carbonyl (C=O) groups excluding carboxylic acids is 1. The number of nitrogens with one attached hydrogen (secondary N) is 1. The van der Waals surface area contributed by atoms with Crippen molar-refractivity contribution < 1.29 is 4.79 Å². The predicted molar refractivity (Wildman–Crippen MR) is 85.5 cm³/mol. The summed E-state index contributed by atoms with van der Waals surface area (Å²) in [5, 5.41) is 11.8. The number of hydrogen-bond donors (Lipinski definition) is 2. The van der Waals surface area contributed by atoms with Gasteiger partial charge in [0.15, 0.2) is 0 Å². The quantitative estimate of drug-likeness (QED) is 0.741. The highest BCUT2D eigenvalue weighted by Gasteiger charge is 2.16. The minimum Gasteiger partial charge on any atom is -0.374 e. The van der Waals surface area contributed by atoms with E-state index in [0.29, 0.717) is 18.1 Å². The maximum absolute atomic E-state index is 12.3. The van der Waals surface area contributed by atoms with Gasteiger partial charge in [-0.05, 0) is 19.1 Å². The van der Waals surface area contributed by atoms with Crippen LogP contribution in [0.2, 0.25) is 0 Å². The first-order valence-electron chi connectivity index (χ1n) is 6.92. The van der Waals surface area contributed by atoms with Crippen molar-refractivity contribution in [3.05, 3.63) is 35.6 Å². The van der Waals surface area contributed by atoms with E-state index in [-0.39, 0.29) is 11.9 Å². The zero-order chi connectivity index (χ0) is 15.5. The Morgan fingerprint density at radius 1 is 1.41 bits per heavy atom. The van der Waals surface area contributed by atoms with Crippen molar-refractivity contribution in [1.29, 1.82) is 0 Å². The van der Waals surface area contributed by atoms with Crippen molar-refractivity contribution in [2.75, 3.05) is 12.3 Å². The maximum Gasteiger partial charge on any atom is 0.242 e. The molecule has 8 heteroatoms. The van der Waals surface area contributed by atoms with E-state index in [1.807, 2.05) is 35.8 Å². The Balaban J connectivity index is 1.62. The second-order valence-electron chi connectivity index (χ2n) is 4.89. The number of nitrogens with two attached hydrogens (primary N) is 1. The molecule has 0 radical (unpaired) electrons. The summed E-state index contributed by atoms with van der Waals surface area (Å²) in [6.07, 6.45) is 2.32. The molecule has 3 aromatic rings. The number of anilines is 1. The van der Waals surface area contributed by atoms with Gasteiger partial charge in [0.05, 0.1) is 17.4 Å². The van der Waals surface area contributed by atoms with E-state index in [9.17, 15) is 4.79 Å². The number of hydrogen-bond acceptors (Lipinski definition) is 6. The van der Waals surface area contributed by atoms with Crippen LogP contribution in [0.15, 0.2) is 30.6 Å². The summed E-state index contributed by atoms with van der Waals surface area (Å²) in [6, 6.07) is 7.42. The average Bonchev–Trinajstić information content (AvgIpc) is 3.12. The molecular formula is C14H16N6OS. The van der Waals surface area contributed by atoms with Crippen LogP contribution in [0, 0.1) is 0 Å². The van der Waals surface area contributed by atoms with Crippen LogP contribution in [-0.2, 0) is 11.2 Å². The van der Waals surface area contributed by atoms with Gasteiger partial charge in [-0.15, -0.1) is 10.2 Å². The molecule has 2 heterocycles. The molecule has 1 amide bonds. The molecule has 0 aliphatic heterocycles. The lowest BCUT2D eigenvalue weighted by atomic mass is 10.2. The molecule has 0 saturated heterocycles. The third-order valence-electron chi connectivity index (χ3n) is 3.40. The van der Waals surface area contributed by atoms with E-state index in [1.165, 1.54) is 11.3 Å². The number of aromatic nitrogens is 4. The second-order valence-corrected chi connectivity index (χ2v) is 5.99. The van der Waals surface area contributed by atoms with Gasteiger partial charge in [-0.3, -0.25) is 4.79 Å². The number of nitrogen functional groups attached to an aromatic ring is 1. The lowest BCUT2D eigenvalue weighted by Gasteiger charge is -2.14. The van der Waals surface area contributed by atoms with Crippen LogP contribution < -0.4 is 11.1 Å². The largest absolute Gasteiger partial charge is 0.374 e. The summed E-state index contributed by atoms with van der Waals surface area (Å²) in [5.74, 6) is -0.0550. The number of rotatable bonds is 5. The van der Waals surface area contributed by atoms with E-state index in [1.54, 1.807) is 6.33 Å². The van der Waals surface area contributed by atoms with Crippen molar-refractivity contribution in [1.82, 2.24) is 25.1 Å². The first-order chi connectivity index (χ1) is 10.6. The molecule has 0 fully saturated rings. The second kappa shape index (κ2) is 6.10. The topological polar surface area (TPSA) is 98.7 Å². The van der Waals surface area contributed by atoms with E-state index in [2.05, 4.69) is 20.5 Å². The fourth-order valence-corrected chi connectivity index (χ4v) is 2.83. The molecule has 114 valence electrons. The van der Waals surface area contributed by atoms with E-state index >= 15 is 0 Å². The molecule has 3 rings (SSSR count). The monoisotopic (exact) mass is 316 g/mol. The highest BCUT2D eigenvalue weighted by molar-refractivity contribution is 7.15. The predicted octanol–water partition coefficient (Wildman–Crippen LogP) is 1.39. The summed E-state index contributed by atoms with van der Waals surface area (Å²) < 4.78 is 1.87. The van der Waals surface area contributed by atoms with Crippen molar-refractivity contribution >= 4 is 33.4 Å². The average molecular weight is 316 g/mol. The molecular weight excluding hydrogens is 300 g/mol. The fraction of sp³-hybridized carbons (Fsp3) is 0.286. The van der Waals surface area contributed by atoms with Crippen LogP contribution >= 0.6 is 11.3 Å². The van der Waals surface area contributed by atoms with Gasteiger partial charge in [0.25, 0.3) is 0 Å². The number of amides is 1. The first-order valence-corrected chi connectivity index (χ1v) is 7.74. The summed E-state index contributed by atoms with van der Waals surface area (Å²) >= 11 is 1.34. The molecule has 0 saturated carbocycles. The molecule has 0 aliphatic carbocycles. The summed E-state index contributed by atoms with van der Waals surface area (Å²) in [6.45, 7) is 2.36. The molecule has 1 atom stereocenters. The molecule has 1 aromatic carbocycles. The fourth-order valence-electron chi connectivity index (χ4n) is 2.22. The zero-order valence-electron chi connectivity index (χ0n) is 12.1. The highest BCUT2D eigenvalue weighted by Crippen LogP contribution is 2.17. The Kier molecular flexibility index (Phi) is 4.01. The molecule has 2 aromatic heterocycles. The van der Waals surface area contributed by atoms with Gasteiger partial charge in [-0.25, -0.2) is 4.98 Å². The van der Waals surface area contributed by atoms with Crippen molar-refractivity contribution in [3.63, 3.8) is 0 Å². The van der Waals surface area contributed by atoms with Crippen LogP contribution in [0.3, 0.4) is 0 Å². The van der Waals surface area contributed by atoms with E-state index in [4.69, 9.17) is 5.73 Å². The Hall–Kier alpha value is -2.48. The summed E-state index contributed by atoms with van der Waals surface area (Å²) in [5.41, 5.74) is 7.35. The number of nitrogens with zero attached hydrogens (tertiary/aromatic N) is 4. The minimum absolute atomic E-state index is 0.0550. The molecule has 0 bridgehead atoms. The number of benzene rings is 1. The number of para-hydroxylation sites is 2. The Bertz CT molecular complexity index is 795. The molecule has 0 spiro atoms. The highest BCUT2D eigenvalue weighted by atomic mass is 32.1. The Labute approximate surface area is 131 Å². The third kappa shape index (κ3) is 2.91. The van der Waals surface area contributed by atoms with Crippen LogP contribution in [0.1, 0.15) is 18.0 Å². The van der Waals surface area contributed by atoms with Crippen LogP contribution in [0.4, 0.5) is 5.13 Å². The molecule has 7 nitrogen and oxygen atoms in total. The Morgan fingerprint density at radius 3 is 3.00 bits per heavy atom. The standard InChI is InChI=1S/C14H16N6OS/c1-9(20-8-17-10-4-2-3-5-11(10)20)13(21)16-7-6-12-18-19-14(15)22-12/h2-5,8-9H,6-7H2,1H3,(H2,15,19)(H,16,21)/t9-/m1/s1. The van der Waals surface area contributed by atoms with Gasteiger partial charge < -0.3 is 15.6 Å². The van der Waals surface area contributed by atoms with E-state index < -0.39 is 0 Å². The van der Waals surface area contributed by atoms with Crippen molar-refractivity contribution in [3.8, 4) is 0 Å². The number of carbonyl (C=O) groups is 1. The molecule has 0 unspecified atom stereocenters. The van der Waals surface area contributed by atoms with Crippen LogP contribution in [-0.4, -0.2) is 32.2 Å². The SMILES string of the molecule is C[C@H](C(=O)NCCc1nnc(N)s1)n1cnc2ccccc21. The molecule has 0 aliphatic rings. The van der Waals surface area contributed by atoms with E-state index in [0.717, 1.165) is 16.0 Å². The number of fused-ring (bicyclic) bond motifs is 1. The zero-order valence-corrected chi connectivity index (χ0v) is 12.9. The normalized spacial score (nSPS) is 12.4. The minimum atomic E-state index is -0.327. The molecule has 22 heavy (non-hydrogen) atoms. The summed E-state index contributed by atoms with van der Waals surface area (Å²) in [4.78, 5) is 16.6. The van der Waals surface area contributed by atoms with Crippen molar-refractivity contribution in [2.45, 2.75) is 19.4 Å². The van der Waals surface area contributed by atoms with Gasteiger partial charge in [0.1, 0.15) is 11.0 Å². The van der Waals surface area contributed by atoms with Gasteiger partial charge >= 0.3 is 0 Å². The lowest BCUT2D eigenvalue weighted by Crippen LogP contribution is -2.32. The van der Waals surface area contributed by atoms with Gasteiger partial charge in [-0.1, -0.05) is 23.5 Å². The van der Waals surface area contributed by atoms with Gasteiger partial charge in [-0.2, -0.15) is 0 Å².